The fraction of sp³-hybridized carbons (Fsp3) is 0.667. The van der Waals surface area contributed by atoms with E-state index in [1.807, 2.05) is 0 Å². The molecule has 0 bridgehead atoms. The van der Waals surface area contributed by atoms with Gasteiger partial charge in [-0.15, -0.1) is 0 Å². The Morgan fingerprint density at radius 3 is 2.55 bits per heavy atom. The molecule has 4 nitrogen and oxygen atoms in total. The zero-order chi connectivity index (χ0) is 8.91. The van der Waals surface area contributed by atoms with E-state index in [0.29, 0.717) is 0 Å². The molecule has 0 amide bonds. The van der Waals surface area contributed by atoms with Crippen LogP contribution in [0.5, 0.6) is 0 Å². The molecule has 1 atom stereocenters. The number of rotatable bonds is 5. The molecule has 65 valence electrons. The van der Waals surface area contributed by atoms with Crippen LogP contribution in [-0.4, -0.2) is 27.0 Å². The van der Waals surface area contributed by atoms with E-state index in [2.05, 4.69) is 6.58 Å². The predicted octanol–water partition coefficient (Wildman–Crippen LogP) is 0.190. The van der Waals surface area contributed by atoms with Crippen LogP contribution in [0.1, 0.15) is 6.92 Å². The van der Waals surface area contributed by atoms with Crippen LogP contribution >= 0.6 is 0 Å². The maximum Gasteiger partial charge on any atom is 0.199 e. The minimum absolute atomic E-state index is 0.288. The second-order valence-electron chi connectivity index (χ2n) is 1.84. The highest BCUT2D eigenvalue weighted by molar-refractivity contribution is 7.94. The highest BCUT2D eigenvalue weighted by Gasteiger charge is 2.20. The fourth-order valence-corrected chi connectivity index (χ4v) is 1.34. The first-order valence-electron chi connectivity index (χ1n) is 3.21. The van der Waals surface area contributed by atoms with Crippen molar-refractivity contribution in [2.24, 2.45) is 0 Å². The molecule has 0 aliphatic carbocycles. The molecule has 0 saturated heterocycles. The molecule has 0 aromatic rings. The van der Waals surface area contributed by atoms with Gasteiger partial charge in [0.2, 0.25) is 0 Å². The minimum atomic E-state index is -3.42. The van der Waals surface area contributed by atoms with Crippen molar-refractivity contribution in [2.45, 2.75) is 12.4 Å². The van der Waals surface area contributed by atoms with Crippen LogP contribution in [0.15, 0.2) is 12.0 Å². The Morgan fingerprint density at radius 2 is 2.27 bits per heavy atom. The molecule has 1 unspecified atom stereocenters. The van der Waals surface area contributed by atoms with E-state index >= 15 is 0 Å². The molecule has 5 heteroatoms. The first kappa shape index (κ1) is 10.6. The maximum atomic E-state index is 11.0. The van der Waals surface area contributed by atoms with Gasteiger partial charge in [0.05, 0.1) is 6.54 Å². The fourth-order valence-electron chi connectivity index (χ4n) is 0.563. The van der Waals surface area contributed by atoms with Crippen LogP contribution in [-0.2, 0) is 14.6 Å². The van der Waals surface area contributed by atoms with Gasteiger partial charge < -0.3 is 4.74 Å². The van der Waals surface area contributed by atoms with Gasteiger partial charge in [-0.2, -0.15) is 0 Å². The molecule has 0 aromatic heterocycles. The molecule has 11 heavy (non-hydrogen) atoms. The molecule has 1 radical (unpaired) electrons. The van der Waals surface area contributed by atoms with E-state index in [1.165, 1.54) is 0 Å². The van der Waals surface area contributed by atoms with Crippen molar-refractivity contribution in [1.29, 1.82) is 0 Å². The van der Waals surface area contributed by atoms with Crippen LogP contribution in [0.4, 0.5) is 0 Å². The highest BCUT2D eigenvalue weighted by Crippen LogP contribution is 2.03. The van der Waals surface area contributed by atoms with E-state index in [-0.39, 0.29) is 13.2 Å². The molecular weight excluding hydrogens is 166 g/mol. The quantitative estimate of drug-likeness (QED) is 0.603. The summed E-state index contributed by atoms with van der Waals surface area (Å²) in [6.07, 6.45) is 0. The average Bonchev–Trinajstić information content (AvgIpc) is 2.00. The molecule has 0 fully saturated rings. The Morgan fingerprint density at radius 1 is 1.73 bits per heavy atom. The highest BCUT2D eigenvalue weighted by atomic mass is 32.2. The normalized spacial score (nSPS) is 14.4. The van der Waals surface area contributed by atoms with Crippen LogP contribution in [0.2, 0.25) is 0 Å². The smallest absolute Gasteiger partial charge is 0.199 e. The largest absolute Gasteiger partial charge is 0.361 e. The van der Waals surface area contributed by atoms with Gasteiger partial charge in [-0.3, -0.25) is 5.73 Å². The summed E-state index contributed by atoms with van der Waals surface area (Å²) in [6.45, 7) is 4.81. The van der Waals surface area contributed by atoms with Crippen LogP contribution in [0.3, 0.4) is 0 Å². The topological polar surface area (TPSA) is 67.2 Å². The standard InChI is InChI=1S/C6H12NO3S/c1-3-10-6(5-7)11(8,9)4-2/h4,6-7H,2-3,5H2,1H3. The Bertz CT molecular complexity index is 210. The van der Waals surface area contributed by atoms with E-state index < -0.39 is 15.3 Å². The summed E-state index contributed by atoms with van der Waals surface area (Å²) in [4.78, 5) is 0. The van der Waals surface area contributed by atoms with E-state index in [9.17, 15) is 8.42 Å². The summed E-state index contributed by atoms with van der Waals surface area (Å²) >= 11 is 0. The summed E-state index contributed by atoms with van der Waals surface area (Å²) in [5, 5.41) is 0.821. The Hall–Kier alpha value is -0.390. The van der Waals surface area contributed by atoms with Crippen molar-refractivity contribution in [3.8, 4) is 0 Å². The second-order valence-corrected chi connectivity index (χ2v) is 3.88. The molecule has 0 saturated carbocycles. The van der Waals surface area contributed by atoms with Crippen molar-refractivity contribution in [3.63, 3.8) is 0 Å². The van der Waals surface area contributed by atoms with Gasteiger partial charge in [0.1, 0.15) is 0 Å². The third-order valence-corrected chi connectivity index (χ3v) is 2.62. The van der Waals surface area contributed by atoms with Gasteiger partial charge in [-0.25, -0.2) is 8.42 Å². The number of hydrogen-bond donors (Lipinski definition) is 0. The van der Waals surface area contributed by atoms with Gasteiger partial charge in [0.15, 0.2) is 15.3 Å². The van der Waals surface area contributed by atoms with E-state index in [1.54, 1.807) is 6.92 Å². The average molecular weight is 178 g/mol. The summed E-state index contributed by atoms with van der Waals surface area (Å²) < 4.78 is 26.7. The molecule has 0 aliphatic heterocycles. The third-order valence-electron chi connectivity index (χ3n) is 1.12. The molecular formula is C6H12NO3S. The SMILES string of the molecule is C=CS(=O)(=O)C(C[NH])OCC. The molecule has 0 aromatic carbocycles. The van der Waals surface area contributed by atoms with Crippen molar-refractivity contribution in [1.82, 2.24) is 5.73 Å². The zero-order valence-electron chi connectivity index (χ0n) is 6.41. The van der Waals surface area contributed by atoms with Crippen LogP contribution in [0, 0.1) is 0 Å². The number of sulfone groups is 1. The summed E-state index contributed by atoms with van der Waals surface area (Å²) in [7, 11) is -3.42. The lowest BCUT2D eigenvalue weighted by molar-refractivity contribution is 0.122. The molecule has 0 heterocycles. The third kappa shape index (κ3) is 3.00. The molecule has 0 rings (SSSR count). The van der Waals surface area contributed by atoms with Gasteiger partial charge in [-0.1, -0.05) is 6.58 Å². The van der Waals surface area contributed by atoms with Crippen molar-refractivity contribution >= 4 is 9.84 Å². The first-order chi connectivity index (χ1) is 5.08. The van der Waals surface area contributed by atoms with Gasteiger partial charge >= 0.3 is 0 Å². The maximum absolute atomic E-state index is 11.0. The van der Waals surface area contributed by atoms with Crippen molar-refractivity contribution in [2.75, 3.05) is 13.2 Å². The number of nitrogens with one attached hydrogen (secondary N) is 1. The summed E-state index contributed by atoms with van der Waals surface area (Å²) in [6, 6.07) is 0. The minimum Gasteiger partial charge on any atom is -0.361 e. The number of hydrogen-bond acceptors (Lipinski definition) is 3. The predicted molar refractivity (Wildman–Crippen MR) is 42.5 cm³/mol. The van der Waals surface area contributed by atoms with Crippen molar-refractivity contribution in [3.05, 3.63) is 12.0 Å². The van der Waals surface area contributed by atoms with Crippen LogP contribution < -0.4 is 5.73 Å². The molecule has 0 aliphatic rings. The van der Waals surface area contributed by atoms with Gasteiger partial charge in [0.25, 0.3) is 0 Å². The Kier molecular flexibility index (Phi) is 4.32. The second kappa shape index (κ2) is 4.48. The van der Waals surface area contributed by atoms with Gasteiger partial charge in [-0.05, 0) is 6.92 Å². The Labute approximate surface area is 67.0 Å². The van der Waals surface area contributed by atoms with E-state index in [4.69, 9.17) is 10.5 Å². The lowest BCUT2D eigenvalue weighted by Crippen LogP contribution is -2.27. The summed E-state index contributed by atoms with van der Waals surface area (Å²) in [5.74, 6) is 0. The van der Waals surface area contributed by atoms with Crippen LogP contribution in [0.25, 0.3) is 0 Å². The lowest BCUT2D eigenvalue weighted by Gasteiger charge is -2.11. The van der Waals surface area contributed by atoms with E-state index in [0.717, 1.165) is 5.41 Å². The monoisotopic (exact) mass is 178 g/mol. The molecule has 0 spiro atoms. The molecule has 1 N–H and O–H groups in total. The zero-order valence-corrected chi connectivity index (χ0v) is 7.23. The van der Waals surface area contributed by atoms with Crippen molar-refractivity contribution < 1.29 is 13.2 Å². The Balaban J connectivity index is 4.37. The first-order valence-corrected chi connectivity index (χ1v) is 4.82. The summed E-state index contributed by atoms with van der Waals surface area (Å²) in [5.41, 5.74) is 5.82. The number of ether oxygens (including phenoxy) is 1. The van der Waals surface area contributed by atoms with Gasteiger partial charge in [0, 0.05) is 12.0 Å². The lowest BCUT2D eigenvalue weighted by atomic mass is 10.7.